The van der Waals surface area contributed by atoms with Gasteiger partial charge in [0, 0.05) is 28.7 Å². The molecule has 4 heteroatoms. The molecule has 1 atom stereocenters. The lowest BCUT2D eigenvalue weighted by Crippen LogP contribution is -2.21. The van der Waals surface area contributed by atoms with Crippen molar-refractivity contribution in [2.75, 3.05) is 6.54 Å². The molecular formula is C15H15Cl2NO. The van der Waals surface area contributed by atoms with Crippen molar-refractivity contribution in [3.05, 3.63) is 69.7 Å². The maximum absolute atomic E-state index is 10.0. The van der Waals surface area contributed by atoms with Crippen LogP contribution in [-0.2, 0) is 6.54 Å². The van der Waals surface area contributed by atoms with E-state index >= 15 is 0 Å². The molecule has 0 aromatic heterocycles. The molecule has 0 heterocycles. The van der Waals surface area contributed by atoms with Crippen LogP contribution in [0.4, 0.5) is 0 Å². The minimum atomic E-state index is -0.539. The summed E-state index contributed by atoms with van der Waals surface area (Å²) < 4.78 is 0. The molecule has 19 heavy (non-hydrogen) atoms. The summed E-state index contributed by atoms with van der Waals surface area (Å²) in [7, 11) is 0. The van der Waals surface area contributed by atoms with Crippen LogP contribution in [0, 0.1) is 0 Å². The van der Waals surface area contributed by atoms with E-state index in [9.17, 15) is 5.11 Å². The number of hydrogen-bond acceptors (Lipinski definition) is 2. The fraction of sp³-hybridized carbons (Fsp3) is 0.200. The zero-order valence-corrected chi connectivity index (χ0v) is 11.8. The van der Waals surface area contributed by atoms with Crippen molar-refractivity contribution in [1.29, 1.82) is 0 Å². The molecule has 0 aliphatic carbocycles. The Kier molecular flexibility index (Phi) is 5.23. The summed E-state index contributed by atoms with van der Waals surface area (Å²) in [6.07, 6.45) is -0.539. The second kappa shape index (κ2) is 6.92. The minimum absolute atomic E-state index is 0.450. The van der Waals surface area contributed by atoms with E-state index in [0.717, 1.165) is 11.1 Å². The van der Waals surface area contributed by atoms with Crippen molar-refractivity contribution in [3.8, 4) is 0 Å². The normalized spacial score (nSPS) is 12.4. The third kappa shape index (κ3) is 3.95. The molecular weight excluding hydrogens is 281 g/mol. The quantitative estimate of drug-likeness (QED) is 0.879. The molecule has 0 aliphatic rings. The van der Waals surface area contributed by atoms with Gasteiger partial charge in [-0.2, -0.15) is 0 Å². The molecule has 0 spiro atoms. The molecule has 2 aromatic carbocycles. The van der Waals surface area contributed by atoms with Crippen LogP contribution in [0.1, 0.15) is 17.2 Å². The first-order valence-corrected chi connectivity index (χ1v) is 6.80. The highest BCUT2D eigenvalue weighted by atomic mass is 35.5. The summed E-state index contributed by atoms with van der Waals surface area (Å²) >= 11 is 12.1. The molecule has 0 saturated heterocycles. The molecule has 2 nitrogen and oxygen atoms in total. The average Bonchev–Trinajstić information content (AvgIpc) is 2.43. The molecule has 2 aromatic rings. The highest BCUT2D eigenvalue weighted by Gasteiger charge is 2.08. The Morgan fingerprint density at radius 3 is 2.21 bits per heavy atom. The first-order valence-electron chi connectivity index (χ1n) is 6.05. The topological polar surface area (TPSA) is 32.3 Å². The van der Waals surface area contributed by atoms with Crippen molar-refractivity contribution in [2.45, 2.75) is 12.6 Å². The van der Waals surface area contributed by atoms with Gasteiger partial charge in [-0.3, -0.25) is 0 Å². The van der Waals surface area contributed by atoms with Gasteiger partial charge in [-0.1, -0.05) is 59.6 Å². The summed E-state index contributed by atoms with van der Waals surface area (Å²) in [6, 6.07) is 15.0. The Balaban J connectivity index is 1.90. The molecule has 100 valence electrons. The van der Waals surface area contributed by atoms with Crippen LogP contribution >= 0.6 is 23.2 Å². The molecule has 2 N–H and O–H groups in total. The third-order valence-corrected chi connectivity index (χ3v) is 3.59. The highest BCUT2D eigenvalue weighted by molar-refractivity contribution is 6.35. The predicted octanol–water partition coefficient (Wildman–Crippen LogP) is 3.82. The van der Waals surface area contributed by atoms with Gasteiger partial charge < -0.3 is 10.4 Å². The number of rotatable bonds is 5. The van der Waals surface area contributed by atoms with Crippen LogP contribution < -0.4 is 5.32 Å². The van der Waals surface area contributed by atoms with Crippen LogP contribution in [0.15, 0.2) is 48.5 Å². The van der Waals surface area contributed by atoms with Gasteiger partial charge >= 0.3 is 0 Å². The maximum atomic E-state index is 10.0. The zero-order valence-electron chi connectivity index (χ0n) is 10.3. The van der Waals surface area contributed by atoms with Crippen LogP contribution in [0.25, 0.3) is 0 Å². The average molecular weight is 296 g/mol. The van der Waals surface area contributed by atoms with E-state index in [1.807, 2.05) is 36.4 Å². The number of aliphatic hydroxyl groups is 1. The fourth-order valence-electron chi connectivity index (χ4n) is 1.83. The van der Waals surface area contributed by atoms with Gasteiger partial charge in [0.25, 0.3) is 0 Å². The number of benzene rings is 2. The summed E-state index contributed by atoms with van der Waals surface area (Å²) in [6.45, 7) is 0.980. The van der Waals surface area contributed by atoms with Gasteiger partial charge in [-0.05, 0) is 17.7 Å². The SMILES string of the molecule is O[C@H](CNCc1c(Cl)cccc1Cl)c1ccccc1. The highest BCUT2D eigenvalue weighted by Crippen LogP contribution is 2.24. The Labute approximate surface area is 123 Å². The number of halogens is 2. The van der Waals surface area contributed by atoms with E-state index in [1.165, 1.54) is 0 Å². The van der Waals surface area contributed by atoms with Crippen molar-refractivity contribution in [1.82, 2.24) is 5.32 Å². The van der Waals surface area contributed by atoms with Crippen LogP contribution in [0.3, 0.4) is 0 Å². The van der Waals surface area contributed by atoms with E-state index in [0.29, 0.717) is 23.1 Å². The molecule has 0 fully saturated rings. The molecule has 2 rings (SSSR count). The summed E-state index contributed by atoms with van der Waals surface area (Å²) in [5, 5.41) is 14.4. The molecule has 0 bridgehead atoms. The molecule has 0 aliphatic heterocycles. The standard InChI is InChI=1S/C15H15Cl2NO/c16-13-7-4-8-14(17)12(13)9-18-10-15(19)11-5-2-1-3-6-11/h1-8,15,18-19H,9-10H2/t15-/m1/s1. The van der Waals surface area contributed by atoms with Crippen LogP contribution in [-0.4, -0.2) is 11.7 Å². The first-order chi connectivity index (χ1) is 9.18. The van der Waals surface area contributed by atoms with Crippen LogP contribution in [0.5, 0.6) is 0 Å². The summed E-state index contributed by atoms with van der Waals surface area (Å²) in [5.74, 6) is 0. The Morgan fingerprint density at radius 2 is 1.58 bits per heavy atom. The monoisotopic (exact) mass is 295 g/mol. The van der Waals surface area contributed by atoms with Gasteiger partial charge in [0.1, 0.15) is 0 Å². The zero-order chi connectivity index (χ0) is 13.7. The second-order valence-corrected chi connectivity index (χ2v) is 5.07. The smallest absolute Gasteiger partial charge is 0.0914 e. The van der Waals surface area contributed by atoms with Gasteiger partial charge in [0.05, 0.1) is 6.10 Å². The number of hydrogen-bond donors (Lipinski definition) is 2. The van der Waals surface area contributed by atoms with Gasteiger partial charge in [0.15, 0.2) is 0 Å². The Morgan fingerprint density at radius 1 is 0.947 bits per heavy atom. The largest absolute Gasteiger partial charge is 0.387 e. The Bertz CT molecular complexity index is 511. The molecule has 0 radical (unpaired) electrons. The van der Waals surface area contributed by atoms with Gasteiger partial charge in [0.2, 0.25) is 0 Å². The lowest BCUT2D eigenvalue weighted by Gasteiger charge is -2.13. The fourth-order valence-corrected chi connectivity index (χ4v) is 2.36. The van der Waals surface area contributed by atoms with E-state index in [-0.39, 0.29) is 0 Å². The summed E-state index contributed by atoms with van der Waals surface area (Å²) in [5.41, 5.74) is 1.74. The van der Waals surface area contributed by atoms with Gasteiger partial charge in [-0.15, -0.1) is 0 Å². The van der Waals surface area contributed by atoms with E-state index in [4.69, 9.17) is 23.2 Å². The third-order valence-electron chi connectivity index (χ3n) is 2.89. The molecule has 0 amide bonds. The Hall–Kier alpha value is -1.06. The predicted molar refractivity (Wildman–Crippen MR) is 79.6 cm³/mol. The number of nitrogens with one attached hydrogen (secondary N) is 1. The van der Waals surface area contributed by atoms with Crippen molar-refractivity contribution >= 4 is 23.2 Å². The molecule has 0 saturated carbocycles. The minimum Gasteiger partial charge on any atom is -0.387 e. The van der Waals surface area contributed by atoms with Crippen molar-refractivity contribution < 1.29 is 5.11 Å². The van der Waals surface area contributed by atoms with E-state index in [2.05, 4.69) is 5.32 Å². The van der Waals surface area contributed by atoms with E-state index < -0.39 is 6.10 Å². The number of aliphatic hydroxyl groups excluding tert-OH is 1. The van der Waals surface area contributed by atoms with Gasteiger partial charge in [-0.25, -0.2) is 0 Å². The van der Waals surface area contributed by atoms with Crippen molar-refractivity contribution in [2.24, 2.45) is 0 Å². The lowest BCUT2D eigenvalue weighted by atomic mass is 10.1. The second-order valence-electron chi connectivity index (χ2n) is 4.26. The summed E-state index contributed by atoms with van der Waals surface area (Å²) in [4.78, 5) is 0. The van der Waals surface area contributed by atoms with Crippen LogP contribution in [0.2, 0.25) is 10.0 Å². The molecule has 0 unspecified atom stereocenters. The van der Waals surface area contributed by atoms with E-state index in [1.54, 1.807) is 12.1 Å². The van der Waals surface area contributed by atoms with Crippen molar-refractivity contribution in [3.63, 3.8) is 0 Å². The lowest BCUT2D eigenvalue weighted by molar-refractivity contribution is 0.174. The maximum Gasteiger partial charge on any atom is 0.0914 e. The first kappa shape index (κ1) is 14.4.